The Morgan fingerprint density at radius 2 is 0.846 bits per heavy atom. The van der Waals surface area contributed by atoms with Gasteiger partial charge in [0.2, 0.25) is 0 Å². The van der Waals surface area contributed by atoms with Gasteiger partial charge in [0.15, 0.2) is 11.6 Å². The van der Waals surface area contributed by atoms with Crippen LogP contribution in [0.25, 0.3) is 11.5 Å². The van der Waals surface area contributed by atoms with Gasteiger partial charge in [-0.15, -0.1) is 0 Å². The van der Waals surface area contributed by atoms with E-state index < -0.39 is 0 Å². The topological polar surface area (TPSA) is 106 Å². The zero-order chi connectivity index (χ0) is 28.2. The maximum atomic E-state index is 11.2. The molecule has 6 nitrogen and oxygen atoms in total. The standard InChI is InChI=1S/2C10H10O2.2C6H7N.Mn/c2*1-8(11)7-10(12)9-5-3-2-4-6-9;2*1-6-2-4-7-5-3-6;/h2*2-7,12H,1H3;2*2-5H,1H3;/q;;;;+2/p-2/b2*10-7-;;;. The monoisotopic (exact) mass is 563 g/mol. The van der Waals surface area contributed by atoms with E-state index in [1.54, 1.807) is 73.3 Å². The summed E-state index contributed by atoms with van der Waals surface area (Å²) in [4.78, 5) is 28.8. The number of ketones is 2. The van der Waals surface area contributed by atoms with Crippen molar-refractivity contribution >= 4 is 23.1 Å². The fourth-order valence-corrected chi connectivity index (χ4v) is 2.59. The second-order valence-corrected chi connectivity index (χ2v) is 8.02. The minimum absolute atomic E-state index is 0. The molecule has 0 saturated heterocycles. The van der Waals surface area contributed by atoms with Gasteiger partial charge in [0.1, 0.15) is 0 Å². The van der Waals surface area contributed by atoms with E-state index in [0.29, 0.717) is 11.1 Å². The number of aromatic nitrogens is 2. The van der Waals surface area contributed by atoms with Gasteiger partial charge in [-0.1, -0.05) is 72.2 Å². The Balaban J connectivity index is 0.000000504. The van der Waals surface area contributed by atoms with Gasteiger partial charge < -0.3 is 10.2 Å². The Hall–Kier alpha value is -4.32. The summed E-state index contributed by atoms with van der Waals surface area (Å²) in [6, 6.07) is 25.3. The van der Waals surface area contributed by atoms with Crippen molar-refractivity contribution in [1.29, 1.82) is 0 Å². The number of pyridine rings is 2. The molecule has 0 aliphatic carbocycles. The van der Waals surface area contributed by atoms with E-state index in [9.17, 15) is 19.8 Å². The van der Waals surface area contributed by atoms with Gasteiger partial charge in [-0.25, -0.2) is 0 Å². The normalized spacial score (nSPS) is 10.1. The molecule has 39 heavy (non-hydrogen) atoms. The van der Waals surface area contributed by atoms with Gasteiger partial charge in [0, 0.05) is 24.8 Å². The molecule has 4 aromatic rings. The smallest absolute Gasteiger partial charge is 0.872 e. The summed E-state index contributed by atoms with van der Waals surface area (Å²) < 4.78 is 0. The number of hydrogen-bond acceptors (Lipinski definition) is 6. The van der Waals surface area contributed by atoms with Crippen molar-refractivity contribution in [3.8, 4) is 0 Å². The maximum absolute atomic E-state index is 11.2. The van der Waals surface area contributed by atoms with Crippen LogP contribution >= 0.6 is 0 Å². The molecule has 0 aliphatic heterocycles. The van der Waals surface area contributed by atoms with Crippen LogP contribution in [0, 0.1) is 13.8 Å². The van der Waals surface area contributed by atoms with Crippen LogP contribution in [0.5, 0.6) is 0 Å². The van der Waals surface area contributed by atoms with Crippen LogP contribution in [0.15, 0.2) is 122 Å². The molecule has 0 aliphatic rings. The summed E-state index contributed by atoms with van der Waals surface area (Å²) in [5.74, 6) is -0.904. The van der Waals surface area contributed by atoms with Gasteiger partial charge in [-0.3, -0.25) is 19.6 Å². The fourth-order valence-electron chi connectivity index (χ4n) is 2.59. The zero-order valence-electron chi connectivity index (χ0n) is 22.5. The van der Waals surface area contributed by atoms with Crippen molar-refractivity contribution in [3.05, 3.63) is 144 Å². The summed E-state index contributed by atoms with van der Waals surface area (Å²) in [7, 11) is 0. The number of carbonyl (C=O) groups is 2. The van der Waals surface area contributed by atoms with Crippen LogP contribution in [0.4, 0.5) is 0 Å². The number of rotatable bonds is 4. The molecule has 0 atom stereocenters. The molecule has 2 heterocycles. The van der Waals surface area contributed by atoms with Gasteiger partial charge in [0.25, 0.3) is 0 Å². The fraction of sp³-hybridized carbons (Fsp3) is 0.125. The molecule has 4 rings (SSSR count). The molecule has 7 heteroatoms. The van der Waals surface area contributed by atoms with Crippen molar-refractivity contribution in [1.82, 2.24) is 9.97 Å². The van der Waals surface area contributed by atoms with E-state index in [1.165, 1.54) is 25.0 Å². The Bertz CT molecular complexity index is 1180. The molecular weight excluding hydrogens is 531 g/mol. The molecule has 0 bridgehead atoms. The van der Waals surface area contributed by atoms with Crippen molar-refractivity contribution in [2.24, 2.45) is 0 Å². The third-order valence-electron chi connectivity index (χ3n) is 4.48. The quantitative estimate of drug-likeness (QED) is 0.202. The molecule has 0 saturated carbocycles. The molecule has 0 spiro atoms. The third kappa shape index (κ3) is 17.7. The predicted octanol–water partition coefficient (Wildman–Crippen LogP) is 4.73. The summed E-state index contributed by atoms with van der Waals surface area (Å²) in [6.45, 7) is 6.81. The van der Waals surface area contributed by atoms with Crippen LogP contribution in [-0.2, 0) is 26.7 Å². The average molecular weight is 564 g/mol. The van der Waals surface area contributed by atoms with Crippen molar-refractivity contribution < 1.29 is 36.9 Å². The van der Waals surface area contributed by atoms with Crippen LogP contribution in [0.2, 0.25) is 0 Å². The second-order valence-electron chi connectivity index (χ2n) is 8.02. The third-order valence-corrected chi connectivity index (χ3v) is 4.48. The second kappa shape index (κ2) is 20.7. The summed E-state index contributed by atoms with van der Waals surface area (Å²) in [6.07, 6.45) is 9.33. The largest absolute Gasteiger partial charge is 2.00 e. The molecule has 0 N–H and O–H groups in total. The molecule has 201 valence electrons. The van der Waals surface area contributed by atoms with Crippen molar-refractivity contribution in [2.45, 2.75) is 27.7 Å². The van der Waals surface area contributed by atoms with Gasteiger partial charge in [-0.05, 0) is 86.4 Å². The predicted molar refractivity (Wildman–Crippen MR) is 148 cm³/mol. The molecule has 0 fully saturated rings. The number of carbonyl (C=O) groups excluding carboxylic acids is 2. The Morgan fingerprint density at radius 3 is 1.05 bits per heavy atom. The zero-order valence-corrected chi connectivity index (χ0v) is 23.6. The van der Waals surface area contributed by atoms with Crippen LogP contribution in [0.3, 0.4) is 0 Å². The van der Waals surface area contributed by atoms with Gasteiger partial charge in [0.05, 0.1) is 0 Å². The molecular formula is C32H32MnN2O4. The first-order valence-electron chi connectivity index (χ1n) is 11.8. The summed E-state index contributed by atoms with van der Waals surface area (Å²) >= 11 is 0. The van der Waals surface area contributed by atoms with E-state index >= 15 is 0 Å². The van der Waals surface area contributed by atoms with E-state index in [0.717, 1.165) is 12.2 Å². The number of hydrogen-bond donors (Lipinski definition) is 0. The number of benzene rings is 2. The van der Waals surface area contributed by atoms with Crippen LogP contribution < -0.4 is 10.2 Å². The van der Waals surface area contributed by atoms with E-state index in [1.807, 2.05) is 50.2 Å². The summed E-state index contributed by atoms with van der Waals surface area (Å²) in [5, 5.41) is 22.4. The molecule has 0 amide bonds. The number of allylic oxidation sites excluding steroid dienone is 2. The first kappa shape index (κ1) is 34.7. The first-order valence-corrected chi connectivity index (χ1v) is 11.8. The SMILES string of the molecule is CC(=O)/C=C(\[O-])c1ccccc1.CC(=O)/C=C(\[O-])c1ccccc1.Cc1ccncc1.Cc1ccncc1.[Mn+2]. The minimum atomic E-state index is -0.233. The Morgan fingerprint density at radius 1 is 0.564 bits per heavy atom. The van der Waals surface area contributed by atoms with E-state index in [4.69, 9.17) is 0 Å². The van der Waals surface area contributed by atoms with Crippen LogP contribution in [-0.4, -0.2) is 21.5 Å². The van der Waals surface area contributed by atoms with Gasteiger partial charge in [-0.2, -0.15) is 0 Å². The van der Waals surface area contributed by atoms with E-state index in [2.05, 4.69) is 9.97 Å². The average Bonchev–Trinajstić information content (AvgIpc) is 2.91. The first-order chi connectivity index (χ1) is 18.2. The van der Waals surface area contributed by atoms with Crippen molar-refractivity contribution in [2.75, 3.05) is 0 Å². The minimum Gasteiger partial charge on any atom is -0.872 e. The van der Waals surface area contributed by atoms with Crippen molar-refractivity contribution in [3.63, 3.8) is 0 Å². The number of nitrogens with zero attached hydrogens (tertiary/aromatic N) is 2. The van der Waals surface area contributed by atoms with E-state index in [-0.39, 0.29) is 40.2 Å². The number of aryl methyl sites for hydroxylation is 2. The molecule has 2 aromatic carbocycles. The van der Waals surface area contributed by atoms with Crippen LogP contribution in [0.1, 0.15) is 36.1 Å². The maximum Gasteiger partial charge on any atom is 2.00 e. The summed E-state index contributed by atoms with van der Waals surface area (Å²) in [5.41, 5.74) is 3.62. The molecule has 0 unspecified atom stereocenters. The molecule has 2 aromatic heterocycles. The Kier molecular flexibility index (Phi) is 18.4. The molecule has 1 radical (unpaired) electrons. The Labute approximate surface area is 241 Å². The van der Waals surface area contributed by atoms with Gasteiger partial charge >= 0.3 is 17.1 Å².